The van der Waals surface area contributed by atoms with Gasteiger partial charge in [-0.2, -0.15) is 0 Å². The molecule has 7 heteroatoms. The highest BCUT2D eigenvalue weighted by molar-refractivity contribution is 6.39. The Morgan fingerprint density at radius 2 is 1.83 bits per heavy atom. The fraction of sp³-hybridized carbons (Fsp3) is 0.174. The number of amides is 2. The highest BCUT2D eigenvalue weighted by Crippen LogP contribution is 2.34. The molecule has 4 rings (SSSR count). The standard InChI is InChI=1S/C23H21FN4O2/c24-18-8-2-3-9-19(18)27-23(30)22(29)26-15-21(17-7-5-12-25-14-17)28-13-11-16-6-1-4-10-20(16)28/h1-10,12,14,21H,11,13,15H2,(H,26,29)(H,27,30). The zero-order valence-corrected chi connectivity index (χ0v) is 16.2. The summed E-state index contributed by atoms with van der Waals surface area (Å²) >= 11 is 0. The van der Waals surface area contributed by atoms with E-state index in [0.717, 1.165) is 24.2 Å². The molecule has 1 unspecified atom stereocenters. The van der Waals surface area contributed by atoms with Crippen LogP contribution in [0.3, 0.4) is 0 Å². The molecule has 0 fully saturated rings. The van der Waals surface area contributed by atoms with E-state index in [9.17, 15) is 14.0 Å². The Morgan fingerprint density at radius 3 is 2.63 bits per heavy atom. The number of aromatic nitrogens is 1. The van der Waals surface area contributed by atoms with Crippen LogP contribution in [0, 0.1) is 5.82 Å². The lowest BCUT2D eigenvalue weighted by Gasteiger charge is -2.30. The maximum atomic E-state index is 13.7. The van der Waals surface area contributed by atoms with Gasteiger partial charge in [0.15, 0.2) is 0 Å². The van der Waals surface area contributed by atoms with E-state index in [4.69, 9.17) is 0 Å². The maximum absolute atomic E-state index is 13.7. The van der Waals surface area contributed by atoms with E-state index in [2.05, 4.69) is 32.7 Å². The third kappa shape index (κ3) is 4.15. The average Bonchev–Trinajstić information content (AvgIpc) is 3.20. The first-order chi connectivity index (χ1) is 14.6. The van der Waals surface area contributed by atoms with Crippen molar-refractivity contribution in [3.8, 4) is 0 Å². The van der Waals surface area contributed by atoms with Crippen LogP contribution in [0.1, 0.15) is 17.2 Å². The summed E-state index contributed by atoms with van der Waals surface area (Å²) in [5, 5.41) is 4.99. The molecule has 1 aromatic heterocycles. The minimum atomic E-state index is -0.910. The average molecular weight is 404 g/mol. The van der Waals surface area contributed by atoms with Gasteiger partial charge >= 0.3 is 11.8 Å². The number of carbonyl (C=O) groups is 2. The van der Waals surface area contributed by atoms with E-state index in [1.807, 2.05) is 24.3 Å². The molecular weight excluding hydrogens is 383 g/mol. The van der Waals surface area contributed by atoms with Crippen LogP contribution in [0.5, 0.6) is 0 Å². The number of rotatable bonds is 5. The minimum Gasteiger partial charge on any atom is -0.362 e. The molecule has 0 aliphatic carbocycles. The third-order valence-corrected chi connectivity index (χ3v) is 5.15. The quantitative estimate of drug-likeness (QED) is 0.641. The first-order valence-electron chi connectivity index (χ1n) is 9.71. The molecule has 0 bridgehead atoms. The molecule has 0 saturated heterocycles. The Labute approximate surface area is 173 Å². The lowest BCUT2D eigenvalue weighted by atomic mass is 10.1. The van der Waals surface area contributed by atoms with Crippen LogP contribution in [0.25, 0.3) is 0 Å². The molecule has 1 aliphatic heterocycles. The SMILES string of the molecule is O=C(NCC(c1cccnc1)N1CCc2ccccc21)C(=O)Nc1ccccc1F. The smallest absolute Gasteiger partial charge is 0.313 e. The number of pyridine rings is 1. The predicted molar refractivity (Wildman–Crippen MR) is 113 cm³/mol. The van der Waals surface area contributed by atoms with Gasteiger partial charge in [0.2, 0.25) is 0 Å². The van der Waals surface area contributed by atoms with Gasteiger partial charge < -0.3 is 15.5 Å². The number of carbonyl (C=O) groups excluding carboxylic acids is 2. The van der Waals surface area contributed by atoms with Crippen molar-refractivity contribution in [3.63, 3.8) is 0 Å². The fourth-order valence-corrected chi connectivity index (χ4v) is 3.68. The predicted octanol–water partition coefficient (Wildman–Crippen LogP) is 3.08. The molecule has 1 atom stereocenters. The van der Waals surface area contributed by atoms with E-state index >= 15 is 0 Å². The first-order valence-corrected chi connectivity index (χ1v) is 9.71. The molecule has 6 nitrogen and oxygen atoms in total. The molecule has 0 radical (unpaired) electrons. The summed E-state index contributed by atoms with van der Waals surface area (Å²) in [6.07, 6.45) is 4.37. The molecule has 2 aromatic carbocycles. The van der Waals surface area contributed by atoms with Crippen LogP contribution in [-0.2, 0) is 16.0 Å². The molecule has 152 valence electrons. The van der Waals surface area contributed by atoms with Gasteiger partial charge in [0.25, 0.3) is 0 Å². The number of hydrogen-bond donors (Lipinski definition) is 2. The van der Waals surface area contributed by atoms with E-state index in [1.165, 1.54) is 23.8 Å². The Kier molecular flexibility index (Phi) is 5.70. The van der Waals surface area contributed by atoms with Crippen LogP contribution < -0.4 is 15.5 Å². The van der Waals surface area contributed by atoms with Crippen LogP contribution in [0.15, 0.2) is 73.1 Å². The maximum Gasteiger partial charge on any atom is 0.313 e. The van der Waals surface area contributed by atoms with Crippen molar-refractivity contribution in [1.82, 2.24) is 10.3 Å². The zero-order valence-electron chi connectivity index (χ0n) is 16.2. The van der Waals surface area contributed by atoms with Crippen molar-refractivity contribution in [2.24, 2.45) is 0 Å². The van der Waals surface area contributed by atoms with Gasteiger partial charge in [-0.1, -0.05) is 36.4 Å². The summed E-state index contributed by atoms with van der Waals surface area (Å²) in [7, 11) is 0. The Balaban J connectivity index is 1.48. The van der Waals surface area contributed by atoms with Gasteiger partial charge in [0, 0.05) is 31.2 Å². The highest BCUT2D eigenvalue weighted by Gasteiger charge is 2.28. The molecule has 3 aromatic rings. The summed E-state index contributed by atoms with van der Waals surface area (Å²) in [6, 6.07) is 17.5. The lowest BCUT2D eigenvalue weighted by Crippen LogP contribution is -2.42. The van der Waals surface area contributed by atoms with Crippen LogP contribution in [0.4, 0.5) is 15.8 Å². The first kappa shape index (κ1) is 19.6. The van der Waals surface area contributed by atoms with Gasteiger partial charge in [0.05, 0.1) is 11.7 Å². The van der Waals surface area contributed by atoms with Gasteiger partial charge in [-0.15, -0.1) is 0 Å². The van der Waals surface area contributed by atoms with Crippen molar-refractivity contribution in [3.05, 3.63) is 90.0 Å². The van der Waals surface area contributed by atoms with Crippen LogP contribution in [0.2, 0.25) is 0 Å². The largest absolute Gasteiger partial charge is 0.362 e. The number of nitrogens with one attached hydrogen (secondary N) is 2. The van der Waals surface area contributed by atoms with Crippen molar-refractivity contribution in [2.45, 2.75) is 12.5 Å². The van der Waals surface area contributed by atoms with Crippen LogP contribution >= 0.6 is 0 Å². The lowest BCUT2D eigenvalue weighted by molar-refractivity contribution is -0.136. The summed E-state index contributed by atoms with van der Waals surface area (Å²) in [4.78, 5) is 31.0. The minimum absolute atomic E-state index is 0.0325. The summed E-state index contributed by atoms with van der Waals surface area (Å²) in [5.41, 5.74) is 3.25. The Hall–Kier alpha value is -3.74. The van der Waals surface area contributed by atoms with Gasteiger partial charge in [-0.3, -0.25) is 14.6 Å². The Bertz CT molecular complexity index is 1060. The number of hydrogen-bond acceptors (Lipinski definition) is 4. The molecule has 2 amide bonds. The summed E-state index contributed by atoms with van der Waals surface area (Å²) in [5.74, 6) is -2.33. The number of halogens is 1. The monoisotopic (exact) mass is 404 g/mol. The van der Waals surface area contributed by atoms with Gasteiger partial charge in [-0.05, 0) is 41.8 Å². The number of para-hydroxylation sites is 2. The number of nitrogens with zero attached hydrogens (tertiary/aromatic N) is 2. The molecule has 0 spiro atoms. The summed E-state index contributed by atoms with van der Waals surface area (Å²) < 4.78 is 13.7. The molecule has 30 heavy (non-hydrogen) atoms. The molecule has 2 N–H and O–H groups in total. The van der Waals surface area contributed by atoms with Gasteiger partial charge in [-0.25, -0.2) is 4.39 Å². The van der Waals surface area contributed by atoms with E-state index in [0.29, 0.717) is 0 Å². The van der Waals surface area contributed by atoms with E-state index < -0.39 is 17.6 Å². The van der Waals surface area contributed by atoms with E-state index in [-0.39, 0.29) is 18.3 Å². The number of benzene rings is 2. The second-order valence-electron chi connectivity index (χ2n) is 7.02. The molecule has 1 aliphatic rings. The summed E-state index contributed by atoms with van der Waals surface area (Å²) in [6.45, 7) is 1.01. The highest BCUT2D eigenvalue weighted by atomic mass is 19.1. The fourth-order valence-electron chi connectivity index (χ4n) is 3.68. The van der Waals surface area contributed by atoms with Gasteiger partial charge in [0.1, 0.15) is 5.82 Å². The Morgan fingerprint density at radius 1 is 1.03 bits per heavy atom. The molecule has 0 saturated carbocycles. The van der Waals surface area contributed by atoms with Crippen molar-refractivity contribution in [1.29, 1.82) is 0 Å². The number of anilines is 2. The van der Waals surface area contributed by atoms with E-state index in [1.54, 1.807) is 18.5 Å². The van der Waals surface area contributed by atoms with Crippen molar-refractivity contribution < 1.29 is 14.0 Å². The van der Waals surface area contributed by atoms with Crippen molar-refractivity contribution >= 4 is 23.2 Å². The third-order valence-electron chi connectivity index (χ3n) is 5.15. The topological polar surface area (TPSA) is 74.3 Å². The second kappa shape index (κ2) is 8.73. The second-order valence-corrected chi connectivity index (χ2v) is 7.02. The molecule has 2 heterocycles. The zero-order chi connectivity index (χ0) is 20.9. The van der Waals surface area contributed by atoms with Crippen molar-refractivity contribution in [2.75, 3.05) is 23.3 Å². The van der Waals surface area contributed by atoms with Crippen LogP contribution in [-0.4, -0.2) is 29.9 Å². The molecular formula is C23H21FN4O2. The number of fused-ring (bicyclic) bond motifs is 1. The normalized spacial score (nSPS) is 13.4.